The predicted octanol–water partition coefficient (Wildman–Crippen LogP) is 2.45. The average Bonchev–Trinajstić information content (AvgIpc) is 2.61. The normalized spacial score (nSPS) is 16.6. The molecule has 0 radical (unpaired) electrons. The van der Waals surface area contributed by atoms with Crippen LogP contribution < -0.4 is 5.32 Å². The van der Waals surface area contributed by atoms with Crippen LogP contribution in [0.3, 0.4) is 0 Å². The van der Waals surface area contributed by atoms with Gasteiger partial charge in [-0.15, -0.1) is 0 Å². The molecule has 144 valence electrons. The molecule has 1 aromatic carbocycles. The van der Waals surface area contributed by atoms with Crippen molar-refractivity contribution in [3.05, 3.63) is 29.8 Å². The number of rotatable bonds is 7. The summed E-state index contributed by atoms with van der Waals surface area (Å²) < 4.78 is 26.9. The fraction of sp³-hybridized carbons (Fsp3) is 0.579. The molecule has 26 heavy (non-hydrogen) atoms. The number of carbonyl (C=O) groups is 2. The molecule has 0 aromatic heterocycles. The van der Waals surface area contributed by atoms with E-state index in [4.69, 9.17) is 0 Å². The molecule has 0 saturated carbocycles. The van der Waals surface area contributed by atoms with Gasteiger partial charge in [-0.1, -0.05) is 26.0 Å². The van der Waals surface area contributed by atoms with Crippen LogP contribution in [0.1, 0.15) is 50.4 Å². The quantitative estimate of drug-likeness (QED) is 0.737. The van der Waals surface area contributed by atoms with Crippen molar-refractivity contribution < 1.29 is 18.0 Å². The SMILES string of the molecule is CC(=O)c1ccc(S(=O)(=O)N2CCC(C(=O)NCCC(C)C)CC2)cc1. The van der Waals surface area contributed by atoms with E-state index in [9.17, 15) is 18.0 Å². The van der Waals surface area contributed by atoms with Crippen molar-refractivity contribution >= 4 is 21.7 Å². The predicted molar refractivity (Wildman–Crippen MR) is 100 cm³/mol. The highest BCUT2D eigenvalue weighted by atomic mass is 32.2. The lowest BCUT2D eigenvalue weighted by molar-refractivity contribution is -0.126. The van der Waals surface area contributed by atoms with Crippen LogP contribution in [0.15, 0.2) is 29.2 Å². The highest BCUT2D eigenvalue weighted by Gasteiger charge is 2.32. The molecule has 0 aliphatic carbocycles. The summed E-state index contributed by atoms with van der Waals surface area (Å²) in [5, 5.41) is 2.95. The number of hydrogen-bond donors (Lipinski definition) is 1. The van der Waals surface area contributed by atoms with Gasteiger partial charge in [-0.25, -0.2) is 8.42 Å². The molecule has 1 aliphatic rings. The second-order valence-electron chi connectivity index (χ2n) is 7.23. The second-order valence-corrected chi connectivity index (χ2v) is 9.17. The van der Waals surface area contributed by atoms with Gasteiger partial charge in [0.15, 0.2) is 5.78 Å². The molecule has 0 bridgehead atoms. The number of nitrogens with zero attached hydrogens (tertiary/aromatic N) is 1. The van der Waals surface area contributed by atoms with Crippen molar-refractivity contribution in [1.82, 2.24) is 9.62 Å². The van der Waals surface area contributed by atoms with Crippen LogP contribution >= 0.6 is 0 Å². The maximum atomic E-state index is 12.7. The van der Waals surface area contributed by atoms with Gasteiger partial charge in [-0.3, -0.25) is 9.59 Å². The first-order valence-corrected chi connectivity index (χ1v) is 10.5. The summed E-state index contributed by atoms with van der Waals surface area (Å²) >= 11 is 0. The van der Waals surface area contributed by atoms with Crippen molar-refractivity contribution in [2.45, 2.75) is 44.9 Å². The molecule has 1 saturated heterocycles. The van der Waals surface area contributed by atoms with E-state index < -0.39 is 10.0 Å². The number of piperidine rings is 1. The highest BCUT2D eigenvalue weighted by Crippen LogP contribution is 2.24. The van der Waals surface area contributed by atoms with E-state index in [0.29, 0.717) is 44.0 Å². The van der Waals surface area contributed by atoms with Crippen LogP contribution in [0.25, 0.3) is 0 Å². The fourth-order valence-electron chi connectivity index (χ4n) is 3.00. The summed E-state index contributed by atoms with van der Waals surface area (Å²) in [5.41, 5.74) is 0.487. The molecule has 6 nitrogen and oxygen atoms in total. The number of benzene rings is 1. The molecule has 2 rings (SSSR count). The molecule has 1 aliphatic heterocycles. The number of nitrogens with one attached hydrogen (secondary N) is 1. The molecule has 7 heteroatoms. The van der Waals surface area contributed by atoms with E-state index in [1.165, 1.54) is 35.5 Å². The third kappa shape index (κ3) is 5.14. The van der Waals surface area contributed by atoms with Crippen molar-refractivity contribution in [3.63, 3.8) is 0 Å². The summed E-state index contributed by atoms with van der Waals surface area (Å²) in [7, 11) is -3.59. The minimum absolute atomic E-state index is 0.0218. The monoisotopic (exact) mass is 380 g/mol. The largest absolute Gasteiger partial charge is 0.356 e. The lowest BCUT2D eigenvalue weighted by Gasteiger charge is -2.30. The molecule has 1 amide bonds. The summed E-state index contributed by atoms with van der Waals surface area (Å²) in [6, 6.07) is 6.00. The first-order valence-electron chi connectivity index (χ1n) is 9.10. The van der Waals surface area contributed by atoms with E-state index >= 15 is 0 Å². The Bertz CT molecular complexity index is 733. The molecule has 0 atom stereocenters. The topological polar surface area (TPSA) is 83.6 Å². The molecule has 1 N–H and O–H groups in total. The zero-order valence-electron chi connectivity index (χ0n) is 15.7. The maximum absolute atomic E-state index is 12.7. The first-order chi connectivity index (χ1) is 12.2. The van der Waals surface area contributed by atoms with Crippen LogP contribution in [0.5, 0.6) is 0 Å². The maximum Gasteiger partial charge on any atom is 0.243 e. The number of ketones is 1. The van der Waals surface area contributed by atoms with Crippen LogP contribution in [-0.4, -0.2) is 44.0 Å². The van der Waals surface area contributed by atoms with E-state index in [1.54, 1.807) is 0 Å². The van der Waals surface area contributed by atoms with Crippen LogP contribution in [0.2, 0.25) is 0 Å². The Hall–Kier alpha value is -1.73. The zero-order chi connectivity index (χ0) is 19.3. The Balaban J connectivity index is 1.93. The molecule has 1 fully saturated rings. The summed E-state index contributed by atoms with van der Waals surface area (Å²) in [6.45, 7) is 6.99. The molecule has 0 spiro atoms. The highest BCUT2D eigenvalue weighted by molar-refractivity contribution is 7.89. The molecule has 1 heterocycles. The van der Waals surface area contributed by atoms with Crippen molar-refractivity contribution in [2.24, 2.45) is 11.8 Å². The van der Waals surface area contributed by atoms with Crippen LogP contribution in [0, 0.1) is 11.8 Å². The third-order valence-corrected chi connectivity index (χ3v) is 6.66. The Kier molecular flexibility index (Phi) is 6.94. The molecule has 0 unspecified atom stereocenters. The molecular formula is C19H28N2O4S. The fourth-order valence-corrected chi connectivity index (χ4v) is 4.47. The number of amides is 1. The minimum atomic E-state index is -3.59. The smallest absolute Gasteiger partial charge is 0.243 e. The van der Waals surface area contributed by atoms with Gasteiger partial charge in [0.2, 0.25) is 15.9 Å². The van der Waals surface area contributed by atoms with E-state index in [2.05, 4.69) is 19.2 Å². The summed E-state index contributed by atoms with van der Waals surface area (Å²) in [6.07, 6.45) is 1.99. The van der Waals surface area contributed by atoms with Gasteiger partial charge >= 0.3 is 0 Å². The minimum Gasteiger partial charge on any atom is -0.356 e. The van der Waals surface area contributed by atoms with Crippen molar-refractivity contribution in [1.29, 1.82) is 0 Å². The Labute approximate surface area is 156 Å². The van der Waals surface area contributed by atoms with E-state index in [-0.39, 0.29) is 22.5 Å². The van der Waals surface area contributed by atoms with Crippen molar-refractivity contribution in [2.75, 3.05) is 19.6 Å². The number of Topliss-reactive ketones (excluding diaryl/α,β-unsaturated/α-hetero) is 1. The van der Waals surface area contributed by atoms with Gasteiger partial charge in [-0.05, 0) is 44.2 Å². The lowest BCUT2D eigenvalue weighted by atomic mass is 9.97. The first kappa shape index (κ1) is 20.6. The zero-order valence-corrected chi connectivity index (χ0v) is 16.5. The Morgan fingerprint density at radius 3 is 2.23 bits per heavy atom. The lowest BCUT2D eigenvalue weighted by Crippen LogP contribution is -2.43. The van der Waals surface area contributed by atoms with E-state index in [0.717, 1.165) is 6.42 Å². The van der Waals surface area contributed by atoms with Gasteiger partial charge in [-0.2, -0.15) is 4.31 Å². The Morgan fingerprint density at radius 1 is 1.15 bits per heavy atom. The van der Waals surface area contributed by atoms with Gasteiger partial charge < -0.3 is 5.32 Å². The van der Waals surface area contributed by atoms with Gasteiger partial charge in [0.05, 0.1) is 4.90 Å². The van der Waals surface area contributed by atoms with Crippen molar-refractivity contribution in [3.8, 4) is 0 Å². The van der Waals surface area contributed by atoms with Gasteiger partial charge in [0.1, 0.15) is 0 Å². The molecule has 1 aromatic rings. The molecular weight excluding hydrogens is 352 g/mol. The number of hydrogen-bond acceptors (Lipinski definition) is 4. The van der Waals surface area contributed by atoms with Crippen LogP contribution in [0.4, 0.5) is 0 Å². The van der Waals surface area contributed by atoms with E-state index in [1.807, 2.05) is 0 Å². The summed E-state index contributed by atoms with van der Waals surface area (Å²) in [4.78, 5) is 23.7. The second kappa shape index (κ2) is 8.77. The van der Waals surface area contributed by atoms with Gasteiger partial charge in [0.25, 0.3) is 0 Å². The Morgan fingerprint density at radius 2 is 1.73 bits per heavy atom. The average molecular weight is 381 g/mol. The third-order valence-electron chi connectivity index (χ3n) is 4.74. The van der Waals surface area contributed by atoms with Gasteiger partial charge in [0, 0.05) is 31.1 Å². The number of sulfonamides is 1. The summed E-state index contributed by atoms with van der Waals surface area (Å²) in [5.74, 6) is 0.331. The number of carbonyl (C=O) groups excluding carboxylic acids is 2. The standard InChI is InChI=1S/C19H28N2O4S/c1-14(2)8-11-20-19(23)17-9-12-21(13-10-17)26(24,25)18-6-4-16(5-7-18)15(3)22/h4-7,14,17H,8-13H2,1-3H3,(H,20,23). The van der Waals surface area contributed by atoms with Crippen LogP contribution in [-0.2, 0) is 14.8 Å².